The fourth-order valence-corrected chi connectivity index (χ4v) is 2.07. The third kappa shape index (κ3) is 1.84. The zero-order valence-electron chi connectivity index (χ0n) is 9.05. The predicted molar refractivity (Wildman–Crippen MR) is 62.3 cm³/mol. The monoisotopic (exact) mass is 225 g/mol. The second-order valence-corrected chi connectivity index (χ2v) is 5.14. The van der Waals surface area contributed by atoms with Gasteiger partial charge in [0, 0.05) is 16.1 Å². The van der Waals surface area contributed by atoms with E-state index in [0.29, 0.717) is 10.8 Å². The SMILES string of the molecule is CC(C)c1cc(Cl)cc(C2(N)CC2)c1O. The van der Waals surface area contributed by atoms with E-state index in [9.17, 15) is 5.11 Å². The van der Waals surface area contributed by atoms with Crippen LogP contribution in [-0.2, 0) is 5.54 Å². The van der Waals surface area contributed by atoms with E-state index >= 15 is 0 Å². The maximum atomic E-state index is 10.1. The smallest absolute Gasteiger partial charge is 0.124 e. The number of benzene rings is 1. The Hall–Kier alpha value is -0.730. The first-order chi connectivity index (χ1) is 6.94. The largest absolute Gasteiger partial charge is 0.507 e. The summed E-state index contributed by atoms with van der Waals surface area (Å²) in [5, 5.41) is 10.8. The Morgan fingerprint density at radius 1 is 1.40 bits per heavy atom. The van der Waals surface area contributed by atoms with Gasteiger partial charge in [-0.1, -0.05) is 25.4 Å². The Kier molecular flexibility index (Phi) is 2.44. The molecule has 1 aromatic carbocycles. The lowest BCUT2D eigenvalue weighted by molar-refractivity contribution is 0.449. The van der Waals surface area contributed by atoms with Crippen LogP contribution in [0.15, 0.2) is 12.1 Å². The van der Waals surface area contributed by atoms with Gasteiger partial charge in [0.1, 0.15) is 5.75 Å². The molecule has 0 bridgehead atoms. The van der Waals surface area contributed by atoms with Crippen molar-refractivity contribution in [1.29, 1.82) is 0 Å². The summed E-state index contributed by atoms with van der Waals surface area (Å²) in [5.74, 6) is 0.583. The minimum atomic E-state index is -0.335. The standard InChI is InChI=1S/C12H16ClNO/c1-7(2)9-5-8(13)6-10(11(9)15)12(14)3-4-12/h5-7,15H,3-4,14H2,1-2H3. The molecule has 1 aromatic rings. The average Bonchev–Trinajstić information content (AvgIpc) is 2.88. The summed E-state index contributed by atoms with van der Waals surface area (Å²) >= 11 is 6.03. The Labute approximate surface area is 95.1 Å². The van der Waals surface area contributed by atoms with E-state index in [-0.39, 0.29) is 11.5 Å². The zero-order valence-corrected chi connectivity index (χ0v) is 9.80. The average molecular weight is 226 g/mol. The Balaban J connectivity index is 2.55. The van der Waals surface area contributed by atoms with Crippen LogP contribution < -0.4 is 5.73 Å². The van der Waals surface area contributed by atoms with Gasteiger partial charge in [-0.2, -0.15) is 0 Å². The first-order valence-electron chi connectivity index (χ1n) is 5.26. The van der Waals surface area contributed by atoms with Crippen molar-refractivity contribution in [3.63, 3.8) is 0 Å². The molecule has 0 heterocycles. The third-order valence-electron chi connectivity index (χ3n) is 3.05. The van der Waals surface area contributed by atoms with Gasteiger partial charge < -0.3 is 10.8 Å². The van der Waals surface area contributed by atoms with Crippen LogP contribution in [0.2, 0.25) is 5.02 Å². The second-order valence-electron chi connectivity index (χ2n) is 4.70. The molecule has 0 atom stereocenters. The molecule has 1 aliphatic carbocycles. The van der Waals surface area contributed by atoms with E-state index < -0.39 is 0 Å². The normalized spacial score (nSPS) is 18.2. The lowest BCUT2D eigenvalue weighted by Crippen LogP contribution is -2.19. The van der Waals surface area contributed by atoms with Gasteiger partial charge in [-0.15, -0.1) is 0 Å². The first kappa shape index (κ1) is 10.8. The van der Waals surface area contributed by atoms with Crippen molar-refractivity contribution in [3.05, 3.63) is 28.3 Å². The highest BCUT2D eigenvalue weighted by Crippen LogP contribution is 2.48. The molecule has 0 amide bonds. The van der Waals surface area contributed by atoms with Crippen LogP contribution in [0.25, 0.3) is 0 Å². The van der Waals surface area contributed by atoms with Crippen molar-refractivity contribution < 1.29 is 5.11 Å². The van der Waals surface area contributed by atoms with Crippen LogP contribution in [0.3, 0.4) is 0 Å². The van der Waals surface area contributed by atoms with Gasteiger partial charge in [0.2, 0.25) is 0 Å². The summed E-state index contributed by atoms with van der Waals surface area (Å²) in [7, 11) is 0. The molecular weight excluding hydrogens is 210 g/mol. The maximum Gasteiger partial charge on any atom is 0.124 e. The van der Waals surface area contributed by atoms with Crippen LogP contribution in [0, 0.1) is 0 Å². The molecule has 0 radical (unpaired) electrons. The Bertz CT molecular complexity index is 397. The minimum Gasteiger partial charge on any atom is -0.507 e. The number of hydrogen-bond donors (Lipinski definition) is 2. The van der Waals surface area contributed by atoms with Crippen molar-refractivity contribution in [1.82, 2.24) is 0 Å². The quantitative estimate of drug-likeness (QED) is 0.813. The van der Waals surface area contributed by atoms with Crippen molar-refractivity contribution >= 4 is 11.6 Å². The van der Waals surface area contributed by atoms with Gasteiger partial charge in [0.05, 0.1) is 0 Å². The topological polar surface area (TPSA) is 46.2 Å². The van der Waals surface area contributed by atoms with Crippen LogP contribution in [0.5, 0.6) is 5.75 Å². The Morgan fingerprint density at radius 3 is 2.47 bits per heavy atom. The molecule has 15 heavy (non-hydrogen) atoms. The van der Waals surface area contributed by atoms with E-state index in [4.69, 9.17) is 17.3 Å². The molecule has 2 nitrogen and oxygen atoms in total. The molecule has 82 valence electrons. The fraction of sp³-hybridized carbons (Fsp3) is 0.500. The first-order valence-corrected chi connectivity index (χ1v) is 5.63. The fourth-order valence-electron chi connectivity index (χ4n) is 1.84. The number of halogens is 1. The summed E-state index contributed by atoms with van der Waals surface area (Å²) in [4.78, 5) is 0. The van der Waals surface area contributed by atoms with E-state index in [1.165, 1.54) is 0 Å². The highest BCUT2D eigenvalue weighted by Gasteiger charge is 2.42. The van der Waals surface area contributed by atoms with Crippen LogP contribution in [0.4, 0.5) is 0 Å². The predicted octanol–water partition coefficient (Wildman–Crippen LogP) is 3.12. The van der Waals surface area contributed by atoms with E-state index in [1.54, 1.807) is 6.07 Å². The van der Waals surface area contributed by atoms with Gasteiger partial charge in [-0.3, -0.25) is 0 Å². The Morgan fingerprint density at radius 2 is 2.00 bits per heavy atom. The minimum absolute atomic E-state index is 0.254. The number of phenolic OH excluding ortho intramolecular Hbond substituents is 1. The van der Waals surface area contributed by atoms with E-state index in [0.717, 1.165) is 24.0 Å². The number of rotatable bonds is 2. The van der Waals surface area contributed by atoms with Crippen molar-refractivity contribution in [3.8, 4) is 5.75 Å². The molecular formula is C12H16ClNO. The van der Waals surface area contributed by atoms with Crippen molar-refractivity contribution in [2.75, 3.05) is 0 Å². The molecule has 1 aliphatic rings. The lowest BCUT2D eigenvalue weighted by atomic mass is 9.95. The van der Waals surface area contributed by atoms with Gasteiger partial charge >= 0.3 is 0 Å². The molecule has 0 aliphatic heterocycles. The van der Waals surface area contributed by atoms with Gasteiger partial charge in [-0.05, 0) is 36.5 Å². The highest BCUT2D eigenvalue weighted by atomic mass is 35.5. The summed E-state index contributed by atoms with van der Waals surface area (Å²) in [6, 6.07) is 3.60. The molecule has 0 saturated heterocycles. The second kappa shape index (κ2) is 3.39. The molecule has 1 fully saturated rings. The molecule has 0 aromatic heterocycles. The summed E-state index contributed by atoms with van der Waals surface area (Å²) in [5.41, 5.74) is 7.44. The van der Waals surface area contributed by atoms with Gasteiger partial charge in [0.25, 0.3) is 0 Å². The summed E-state index contributed by atoms with van der Waals surface area (Å²) in [6.45, 7) is 4.07. The number of phenols is 1. The number of aromatic hydroxyl groups is 1. The number of hydrogen-bond acceptors (Lipinski definition) is 2. The molecule has 3 heteroatoms. The summed E-state index contributed by atoms with van der Waals surface area (Å²) < 4.78 is 0. The molecule has 2 rings (SSSR count). The number of nitrogens with two attached hydrogens (primary N) is 1. The zero-order chi connectivity index (χ0) is 11.2. The van der Waals surface area contributed by atoms with E-state index in [1.807, 2.05) is 19.9 Å². The van der Waals surface area contributed by atoms with Gasteiger partial charge in [-0.25, -0.2) is 0 Å². The van der Waals surface area contributed by atoms with Crippen LogP contribution in [-0.4, -0.2) is 5.11 Å². The summed E-state index contributed by atoms with van der Waals surface area (Å²) in [6.07, 6.45) is 1.86. The van der Waals surface area contributed by atoms with E-state index in [2.05, 4.69) is 0 Å². The van der Waals surface area contributed by atoms with Gasteiger partial charge in [0.15, 0.2) is 0 Å². The van der Waals surface area contributed by atoms with Crippen molar-refractivity contribution in [2.24, 2.45) is 5.73 Å². The highest BCUT2D eigenvalue weighted by molar-refractivity contribution is 6.30. The molecule has 0 unspecified atom stereocenters. The molecule has 1 saturated carbocycles. The third-order valence-corrected chi connectivity index (χ3v) is 3.27. The van der Waals surface area contributed by atoms with Crippen LogP contribution >= 0.6 is 11.6 Å². The lowest BCUT2D eigenvalue weighted by Gasteiger charge is -2.17. The molecule has 3 N–H and O–H groups in total. The van der Waals surface area contributed by atoms with Crippen molar-refractivity contribution in [2.45, 2.75) is 38.1 Å². The molecule has 0 spiro atoms. The van der Waals surface area contributed by atoms with Crippen LogP contribution in [0.1, 0.15) is 43.7 Å². The maximum absolute atomic E-state index is 10.1.